The molecule has 140 valence electrons. The van der Waals surface area contributed by atoms with Gasteiger partial charge in [-0.15, -0.1) is 0 Å². The van der Waals surface area contributed by atoms with Gasteiger partial charge >= 0.3 is 0 Å². The molecule has 0 bridgehead atoms. The van der Waals surface area contributed by atoms with Gasteiger partial charge in [-0.25, -0.2) is 8.42 Å². The van der Waals surface area contributed by atoms with Crippen LogP contribution in [0.1, 0.15) is 24.6 Å². The summed E-state index contributed by atoms with van der Waals surface area (Å²) in [5.41, 5.74) is 0.808. The Morgan fingerprint density at radius 3 is 2.33 bits per heavy atom. The molecule has 3 aromatic rings. The van der Waals surface area contributed by atoms with Crippen LogP contribution in [-0.4, -0.2) is 36.0 Å². The van der Waals surface area contributed by atoms with E-state index in [1.807, 2.05) is 12.1 Å². The van der Waals surface area contributed by atoms with Gasteiger partial charge < -0.3 is 4.52 Å². The van der Waals surface area contributed by atoms with Crippen molar-refractivity contribution >= 4 is 21.6 Å². The van der Waals surface area contributed by atoms with Crippen LogP contribution >= 0.6 is 11.6 Å². The number of rotatable bonds is 4. The van der Waals surface area contributed by atoms with Gasteiger partial charge in [0, 0.05) is 29.6 Å². The largest absolute Gasteiger partial charge is 0.334 e. The molecule has 0 unspecified atom stereocenters. The van der Waals surface area contributed by atoms with Crippen molar-refractivity contribution in [2.24, 2.45) is 0 Å². The molecular weight excluding hydrogens is 386 g/mol. The van der Waals surface area contributed by atoms with E-state index in [9.17, 15) is 8.42 Å². The van der Waals surface area contributed by atoms with Crippen molar-refractivity contribution < 1.29 is 12.9 Å². The fraction of sp³-hybridized carbons (Fsp3) is 0.263. The van der Waals surface area contributed by atoms with Crippen LogP contribution in [-0.2, 0) is 10.0 Å². The SMILES string of the molecule is O=S(=O)(c1ccccc1)N1CCC(c2noc(-c3ccc(Cl)cc3)n2)CC1. The quantitative estimate of drug-likeness (QED) is 0.659. The third-order valence-corrected chi connectivity index (χ3v) is 6.90. The normalized spacial score (nSPS) is 16.5. The summed E-state index contributed by atoms with van der Waals surface area (Å²) in [6.45, 7) is 0.874. The lowest BCUT2D eigenvalue weighted by atomic mass is 9.97. The predicted octanol–water partition coefficient (Wildman–Crippen LogP) is 3.96. The predicted molar refractivity (Wildman–Crippen MR) is 102 cm³/mol. The van der Waals surface area contributed by atoms with E-state index in [0.717, 1.165) is 5.56 Å². The van der Waals surface area contributed by atoms with Crippen molar-refractivity contribution in [3.8, 4) is 11.5 Å². The molecule has 27 heavy (non-hydrogen) atoms. The molecule has 1 fully saturated rings. The molecule has 0 N–H and O–H groups in total. The number of hydrogen-bond acceptors (Lipinski definition) is 5. The summed E-state index contributed by atoms with van der Waals surface area (Å²) < 4.78 is 32.3. The minimum absolute atomic E-state index is 0.0806. The fourth-order valence-corrected chi connectivity index (χ4v) is 4.82. The van der Waals surface area contributed by atoms with Gasteiger partial charge in [0.25, 0.3) is 5.89 Å². The fourth-order valence-electron chi connectivity index (χ4n) is 3.21. The molecule has 0 amide bonds. The number of benzene rings is 2. The van der Waals surface area contributed by atoms with Crippen molar-refractivity contribution in [2.75, 3.05) is 13.1 Å². The first-order valence-corrected chi connectivity index (χ1v) is 10.5. The Labute approximate surface area is 162 Å². The molecule has 6 nitrogen and oxygen atoms in total. The molecule has 1 aliphatic rings. The van der Waals surface area contributed by atoms with Crippen molar-refractivity contribution in [2.45, 2.75) is 23.7 Å². The Morgan fingerprint density at radius 1 is 1.00 bits per heavy atom. The number of aromatic nitrogens is 2. The summed E-state index contributed by atoms with van der Waals surface area (Å²) in [6.07, 6.45) is 1.32. The number of halogens is 1. The third-order valence-electron chi connectivity index (χ3n) is 4.73. The van der Waals surface area contributed by atoms with Gasteiger partial charge in [0.1, 0.15) is 0 Å². The Hall–Kier alpha value is -2.22. The van der Waals surface area contributed by atoms with E-state index in [-0.39, 0.29) is 5.92 Å². The lowest BCUT2D eigenvalue weighted by Crippen LogP contribution is -2.38. The number of sulfonamides is 1. The summed E-state index contributed by atoms with van der Waals surface area (Å²) in [4.78, 5) is 4.82. The highest BCUT2D eigenvalue weighted by atomic mass is 35.5. The first-order chi connectivity index (χ1) is 13.0. The Bertz CT molecular complexity index is 1010. The second kappa shape index (κ2) is 7.42. The molecule has 8 heteroatoms. The van der Waals surface area contributed by atoms with Crippen LogP contribution < -0.4 is 0 Å². The second-order valence-electron chi connectivity index (χ2n) is 6.46. The average molecular weight is 404 g/mol. The van der Waals surface area contributed by atoms with Crippen LogP contribution in [0.15, 0.2) is 64.0 Å². The minimum atomic E-state index is -3.45. The molecule has 1 saturated heterocycles. The summed E-state index contributed by atoms with van der Waals surface area (Å²) in [5, 5.41) is 4.74. The summed E-state index contributed by atoms with van der Waals surface area (Å²) in [6, 6.07) is 15.7. The van der Waals surface area contributed by atoms with Crippen molar-refractivity contribution in [3.63, 3.8) is 0 Å². The van der Waals surface area contributed by atoms with Gasteiger partial charge in [-0.2, -0.15) is 9.29 Å². The van der Waals surface area contributed by atoms with Crippen LogP contribution in [0.5, 0.6) is 0 Å². The minimum Gasteiger partial charge on any atom is -0.334 e. The van der Waals surface area contributed by atoms with Crippen LogP contribution in [0.3, 0.4) is 0 Å². The number of nitrogens with zero attached hydrogens (tertiary/aromatic N) is 3. The molecule has 0 aliphatic carbocycles. The molecule has 1 aromatic heterocycles. The van der Waals surface area contributed by atoms with Gasteiger partial charge in [0.15, 0.2) is 5.82 Å². The molecule has 0 radical (unpaired) electrons. The highest BCUT2D eigenvalue weighted by Gasteiger charge is 2.31. The zero-order chi connectivity index (χ0) is 18.9. The maximum absolute atomic E-state index is 12.7. The summed E-state index contributed by atoms with van der Waals surface area (Å²) >= 11 is 5.90. The van der Waals surface area contributed by atoms with Gasteiger partial charge in [-0.1, -0.05) is 35.0 Å². The van der Waals surface area contributed by atoms with Crippen LogP contribution in [0, 0.1) is 0 Å². The maximum atomic E-state index is 12.7. The molecule has 0 spiro atoms. The smallest absolute Gasteiger partial charge is 0.257 e. The van der Waals surface area contributed by atoms with Crippen LogP contribution in [0.4, 0.5) is 0 Å². The Kier molecular flexibility index (Phi) is 4.99. The van der Waals surface area contributed by atoms with E-state index in [1.165, 1.54) is 4.31 Å². The molecule has 1 aliphatic heterocycles. The number of hydrogen-bond donors (Lipinski definition) is 0. The molecule has 0 atom stereocenters. The van der Waals surface area contributed by atoms with E-state index < -0.39 is 10.0 Å². The van der Waals surface area contributed by atoms with Gasteiger partial charge in [-0.3, -0.25) is 0 Å². The van der Waals surface area contributed by atoms with Gasteiger partial charge in [0.05, 0.1) is 4.90 Å². The summed E-state index contributed by atoms with van der Waals surface area (Å²) in [7, 11) is -3.45. The highest BCUT2D eigenvalue weighted by molar-refractivity contribution is 7.89. The van der Waals surface area contributed by atoms with Crippen LogP contribution in [0.2, 0.25) is 5.02 Å². The van der Waals surface area contributed by atoms with E-state index >= 15 is 0 Å². The molecule has 4 rings (SSSR count). The molecule has 2 aromatic carbocycles. The molecule has 0 saturated carbocycles. The lowest BCUT2D eigenvalue weighted by molar-refractivity contribution is 0.307. The number of piperidine rings is 1. The van der Waals surface area contributed by atoms with Crippen molar-refractivity contribution in [1.82, 2.24) is 14.4 Å². The first-order valence-electron chi connectivity index (χ1n) is 8.69. The standard InChI is InChI=1S/C19H18ClN3O3S/c20-16-8-6-15(7-9-16)19-21-18(22-26-19)14-10-12-23(13-11-14)27(24,25)17-4-2-1-3-5-17/h1-9,14H,10-13H2. The average Bonchev–Trinajstić information content (AvgIpc) is 3.19. The van der Waals surface area contributed by atoms with Crippen LogP contribution in [0.25, 0.3) is 11.5 Å². The Morgan fingerprint density at radius 2 is 1.67 bits per heavy atom. The maximum Gasteiger partial charge on any atom is 0.257 e. The Balaban J connectivity index is 1.45. The first kappa shape index (κ1) is 18.2. The van der Waals surface area contributed by atoms with E-state index in [2.05, 4.69) is 10.1 Å². The summed E-state index contributed by atoms with van der Waals surface area (Å²) in [5.74, 6) is 1.15. The molecule has 2 heterocycles. The van der Waals surface area contributed by atoms with Gasteiger partial charge in [-0.05, 0) is 49.2 Å². The van der Waals surface area contributed by atoms with E-state index in [4.69, 9.17) is 16.1 Å². The second-order valence-corrected chi connectivity index (χ2v) is 8.83. The van der Waals surface area contributed by atoms with E-state index in [1.54, 1.807) is 42.5 Å². The van der Waals surface area contributed by atoms with Gasteiger partial charge in [0.2, 0.25) is 10.0 Å². The molecular formula is C19H18ClN3O3S. The highest BCUT2D eigenvalue weighted by Crippen LogP contribution is 2.30. The van der Waals surface area contributed by atoms with E-state index in [0.29, 0.717) is 47.6 Å². The van der Waals surface area contributed by atoms with Crippen molar-refractivity contribution in [3.05, 3.63) is 65.4 Å². The lowest BCUT2D eigenvalue weighted by Gasteiger charge is -2.29. The zero-order valence-corrected chi connectivity index (χ0v) is 16.0. The third kappa shape index (κ3) is 3.76. The topological polar surface area (TPSA) is 76.3 Å². The van der Waals surface area contributed by atoms with Crippen molar-refractivity contribution in [1.29, 1.82) is 0 Å². The zero-order valence-electron chi connectivity index (χ0n) is 14.5. The monoisotopic (exact) mass is 403 g/mol.